The van der Waals surface area contributed by atoms with Crippen LogP contribution < -0.4 is 10.1 Å². The second kappa shape index (κ2) is 6.86. The Morgan fingerprint density at radius 2 is 1.91 bits per heavy atom. The Kier molecular flexibility index (Phi) is 4.65. The summed E-state index contributed by atoms with van der Waals surface area (Å²) in [7, 11) is 0. The lowest BCUT2D eigenvalue weighted by molar-refractivity contribution is 0.471. The van der Waals surface area contributed by atoms with Crippen LogP contribution in [0.4, 0.5) is 0 Å². The van der Waals surface area contributed by atoms with E-state index in [-0.39, 0.29) is 0 Å². The number of ether oxygens (including phenoxy) is 1. The van der Waals surface area contributed by atoms with Crippen molar-refractivity contribution in [2.75, 3.05) is 13.1 Å². The van der Waals surface area contributed by atoms with Gasteiger partial charge >= 0.3 is 0 Å². The van der Waals surface area contributed by atoms with Gasteiger partial charge in [0.05, 0.1) is 5.56 Å². The predicted octanol–water partition coefficient (Wildman–Crippen LogP) is 4.65. The van der Waals surface area contributed by atoms with E-state index in [9.17, 15) is 0 Å². The number of benzene rings is 2. The molecule has 3 rings (SSSR count). The molecule has 1 aliphatic heterocycles. The zero-order valence-electron chi connectivity index (χ0n) is 14.1. The number of para-hydroxylation sites is 1. The van der Waals surface area contributed by atoms with Crippen molar-refractivity contribution in [2.24, 2.45) is 4.99 Å². The molecule has 120 valence electrons. The lowest BCUT2D eigenvalue weighted by atomic mass is 10.0. The van der Waals surface area contributed by atoms with E-state index in [1.807, 2.05) is 18.2 Å². The zero-order valence-corrected chi connectivity index (χ0v) is 14.1. The van der Waals surface area contributed by atoms with Gasteiger partial charge in [0.15, 0.2) is 0 Å². The highest BCUT2D eigenvalue weighted by Gasteiger charge is 2.15. The number of hydrogen-bond donors (Lipinski definition) is 1. The van der Waals surface area contributed by atoms with Crippen LogP contribution in [0.3, 0.4) is 0 Å². The van der Waals surface area contributed by atoms with Crippen LogP contribution in [-0.2, 0) is 0 Å². The molecule has 0 bridgehead atoms. The van der Waals surface area contributed by atoms with Gasteiger partial charge < -0.3 is 10.1 Å². The lowest BCUT2D eigenvalue weighted by Crippen LogP contribution is -2.30. The first-order chi connectivity index (χ1) is 11.1. The number of rotatable bonds is 4. The molecule has 1 N–H and O–H groups in total. The summed E-state index contributed by atoms with van der Waals surface area (Å²) in [4.78, 5) is 4.60. The third-order valence-electron chi connectivity index (χ3n) is 4.05. The van der Waals surface area contributed by atoms with Crippen LogP contribution in [0.2, 0.25) is 0 Å². The first kappa shape index (κ1) is 15.6. The van der Waals surface area contributed by atoms with E-state index < -0.39 is 0 Å². The molecular weight excluding hydrogens is 284 g/mol. The van der Waals surface area contributed by atoms with E-state index in [1.54, 1.807) is 0 Å². The molecule has 2 aromatic carbocycles. The molecule has 0 radical (unpaired) electrons. The molecule has 0 aromatic heterocycles. The molecule has 0 atom stereocenters. The summed E-state index contributed by atoms with van der Waals surface area (Å²) in [6.07, 6.45) is 1.09. The molecule has 23 heavy (non-hydrogen) atoms. The van der Waals surface area contributed by atoms with E-state index >= 15 is 0 Å². The summed E-state index contributed by atoms with van der Waals surface area (Å²) in [5, 5.41) is 3.38. The van der Waals surface area contributed by atoms with Gasteiger partial charge in [-0.05, 0) is 48.6 Å². The summed E-state index contributed by atoms with van der Waals surface area (Å²) in [5.41, 5.74) is 3.46. The molecule has 1 heterocycles. The maximum absolute atomic E-state index is 6.32. The average molecular weight is 308 g/mol. The fourth-order valence-corrected chi connectivity index (χ4v) is 2.79. The van der Waals surface area contributed by atoms with Crippen molar-refractivity contribution in [3.05, 3.63) is 59.2 Å². The Hall–Kier alpha value is -2.29. The fraction of sp³-hybridized carbons (Fsp3) is 0.350. The molecule has 3 nitrogen and oxygen atoms in total. The fourth-order valence-electron chi connectivity index (χ4n) is 2.79. The van der Waals surface area contributed by atoms with Gasteiger partial charge in [0, 0.05) is 13.1 Å². The van der Waals surface area contributed by atoms with E-state index in [0.717, 1.165) is 42.4 Å². The summed E-state index contributed by atoms with van der Waals surface area (Å²) in [6.45, 7) is 8.31. The molecule has 2 aromatic rings. The minimum Gasteiger partial charge on any atom is -0.456 e. The smallest absolute Gasteiger partial charge is 0.138 e. The van der Waals surface area contributed by atoms with Gasteiger partial charge in [-0.3, -0.25) is 4.99 Å². The first-order valence-corrected chi connectivity index (χ1v) is 8.31. The molecule has 0 amide bonds. The second-order valence-electron chi connectivity index (χ2n) is 6.30. The highest BCUT2D eigenvalue weighted by atomic mass is 16.5. The molecule has 0 saturated carbocycles. The van der Waals surface area contributed by atoms with Gasteiger partial charge in [0.2, 0.25) is 0 Å². The van der Waals surface area contributed by atoms with E-state index in [4.69, 9.17) is 4.74 Å². The minimum atomic E-state index is 0.419. The van der Waals surface area contributed by atoms with Gasteiger partial charge in [-0.25, -0.2) is 0 Å². The lowest BCUT2D eigenvalue weighted by Gasteiger charge is -2.19. The van der Waals surface area contributed by atoms with E-state index in [1.165, 1.54) is 11.1 Å². The first-order valence-electron chi connectivity index (χ1n) is 8.31. The normalized spacial score (nSPS) is 14.3. The van der Waals surface area contributed by atoms with Crippen molar-refractivity contribution in [1.29, 1.82) is 0 Å². The Labute approximate surface area is 138 Å². The van der Waals surface area contributed by atoms with Crippen LogP contribution in [0.1, 0.15) is 42.9 Å². The number of aliphatic imine (C=N–C) groups is 1. The van der Waals surface area contributed by atoms with Crippen molar-refractivity contribution in [2.45, 2.75) is 33.1 Å². The number of nitrogens with one attached hydrogen (secondary N) is 1. The van der Waals surface area contributed by atoms with Crippen LogP contribution in [0, 0.1) is 6.92 Å². The monoisotopic (exact) mass is 308 g/mol. The molecule has 3 heteroatoms. The summed E-state index contributed by atoms with van der Waals surface area (Å²) < 4.78 is 6.32. The Morgan fingerprint density at radius 3 is 2.65 bits per heavy atom. The van der Waals surface area contributed by atoms with Crippen molar-refractivity contribution in [3.63, 3.8) is 0 Å². The van der Waals surface area contributed by atoms with E-state index in [0.29, 0.717) is 5.92 Å². The Bertz CT molecular complexity index is 719. The average Bonchev–Trinajstić information content (AvgIpc) is 2.56. The van der Waals surface area contributed by atoms with Crippen molar-refractivity contribution < 1.29 is 4.74 Å². The molecular formula is C20H24N2O. The maximum atomic E-state index is 6.32. The van der Waals surface area contributed by atoms with Gasteiger partial charge in [0.1, 0.15) is 17.3 Å². The molecule has 1 aliphatic rings. The van der Waals surface area contributed by atoms with Gasteiger partial charge in [0.25, 0.3) is 0 Å². The van der Waals surface area contributed by atoms with Crippen molar-refractivity contribution in [1.82, 2.24) is 5.32 Å². The second-order valence-corrected chi connectivity index (χ2v) is 6.30. The van der Waals surface area contributed by atoms with Crippen LogP contribution in [0.15, 0.2) is 47.5 Å². The van der Waals surface area contributed by atoms with Gasteiger partial charge in [-0.2, -0.15) is 0 Å². The molecule has 0 aliphatic carbocycles. The predicted molar refractivity (Wildman–Crippen MR) is 95.8 cm³/mol. The third-order valence-corrected chi connectivity index (χ3v) is 4.05. The summed E-state index contributed by atoms with van der Waals surface area (Å²) in [6, 6.07) is 14.5. The van der Waals surface area contributed by atoms with Gasteiger partial charge in [-0.15, -0.1) is 0 Å². The standard InChI is InChI=1S/C20H24N2O/c1-14(2)16-10-9-15(3)13-19(16)23-18-8-5-4-7-17(18)20-21-11-6-12-22-20/h4-5,7-10,13-14H,6,11-12H2,1-3H3,(H,21,22). The third kappa shape index (κ3) is 3.55. The van der Waals surface area contributed by atoms with Crippen LogP contribution in [0.25, 0.3) is 0 Å². The summed E-state index contributed by atoms with van der Waals surface area (Å²) >= 11 is 0. The van der Waals surface area contributed by atoms with Crippen molar-refractivity contribution >= 4 is 5.84 Å². The molecule has 0 fully saturated rings. The summed E-state index contributed by atoms with van der Waals surface area (Å²) in [5.74, 6) is 3.14. The van der Waals surface area contributed by atoms with Gasteiger partial charge in [-0.1, -0.05) is 38.1 Å². The largest absolute Gasteiger partial charge is 0.456 e. The number of aryl methyl sites for hydroxylation is 1. The van der Waals surface area contributed by atoms with Crippen molar-refractivity contribution in [3.8, 4) is 11.5 Å². The maximum Gasteiger partial charge on any atom is 0.138 e. The Morgan fingerprint density at radius 1 is 1.09 bits per heavy atom. The highest BCUT2D eigenvalue weighted by Crippen LogP contribution is 2.33. The topological polar surface area (TPSA) is 33.6 Å². The minimum absolute atomic E-state index is 0.419. The zero-order chi connectivity index (χ0) is 16.2. The van der Waals surface area contributed by atoms with Crippen LogP contribution >= 0.6 is 0 Å². The number of nitrogens with zero attached hydrogens (tertiary/aromatic N) is 1. The van der Waals surface area contributed by atoms with E-state index in [2.05, 4.69) is 55.3 Å². The Balaban J connectivity index is 1.98. The van der Waals surface area contributed by atoms with Crippen LogP contribution in [-0.4, -0.2) is 18.9 Å². The quantitative estimate of drug-likeness (QED) is 0.892. The molecule has 0 spiro atoms. The SMILES string of the molecule is Cc1ccc(C(C)C)c(Oc2ccccc2C2=NCCCN2)c1. The number of hydrogen-bond acceptors (Lipinski definition) is 3. The molecule has 0 saturated heterocycles. The van der Waals surface area contributed by atoms with Crippen LogP contribution in [0.5, 0.6) is 11.5 Å². The molecule has 0 unspecified atom stereocenters. The number of amidine groups is 1. The highest BCUT2D eigenvalue weighted by molar-refractivity contribution is 6.01.